The molecular weight excluding hydrogens is 249 g/mol. The molecule has 0 spiro atoms. The Morgan fingerprint density at radius 2 is 2.06 bits per heavy atom. The summed E-state index contributed by atoms with van der Waals surface area (Å²) < 4.78 is 37.1. The molecule has 0 saturated heterocycles. The summed E-state index contributed by atoms with van der Waals surface area (Å²) in [6.07, 6.45) is -3.38. The van der Waals surface area contributed by atoms with Gasteiger partial charge in [0.2, 0.25) is 0 Å². The summed E-state index contributed by atoms with van der Waals surface area (Å²) in [4.78, 5) is 0.703. The van der Waals surface area contributed by atoms with Gasteiger partial charge < -0.3 is 11.1 Å². The second-order valence-electron chi connectivity index (χ2n) is 3.56. The van der Waals surface area contributed by atoms with Crippen LogP contribution in [0.15, 0.2) is 23.1 Å². The van der Waals surface area contributed by atoms with Gasteiger partial charge in [0.1, 0.15) is 0 Å². The Morgan fingerprint density at radius 1 is 1.35 bits per heavy atom. The SMILES string of the molecule is CNCCCSc1ccc(C(F)(F)F)cc1N. The highest BCUT2D eigenvalue weighted by Gasteiger charge is 2.30. The van der Waals surface area contributed by atoms with E-state index in [2.05, 4.69) is 5.32 Å². The van der Waals surface area contributed by atoms with Crippen molar-refractivity contribution in [1.82, 2.24) is 5.32 Å². The maximum Gasteiger partial charge on any atom is 0.416 e. The number of anilines is 1. The van der Waals surface area contributed by atoms with Crippen LogP contribution >= 0.6 is 11.8 Å². The van der Waals surface area contributed by atoms with Gasteiger partial charge in [-0.2, -0.15) is 13.2 Å². The average Bonchev–Trinajstić information content (AvgIpc) is 2.24. The van der Waals surface area contributed by atoms with E-state index in [-0.39, 0.29) is 5.69 Å². The fourth-order valence-electron chi connectivity index (χ4n) is 1.29. The van der Waals surface area contributed by atoms with Gasteiger partial charge in [-0.25, -0.2) is 0 Å². The van der Waals surface area contributed by atoms with E-state index in [0.29, 0.717) is 4.90 Å². The van der Waals surface area contributed by atoms with Gasteiger partial charge in [0.15, 0.2) is 0 Å². The smallest absolute Gasteiger partial charge is 0.398 e. The quantitative estimate of drug-likeness (QED) is 0.488. The number of hydrogen-bond acceptors (Lipinski definition) is 3. The molecule has 0 heterocycles. The fourth-order valence-corrected chi connectivity index (χ4v) is 2.19. The summed E-state index contributed by atoms with van der Waals surface area (Å²) in [6.45, 7) is 0.882. The predicted molar refractivity (Wildman–Crippen MR) is 65.1 cm³/mol. The lowest BCUT2D eigenvalue weighted by atomic mass is 10.2. The second-order valence-corrected chi connectivity index (χ2v) is 4.69. The van der Waals surface area contributed by atoms with Gasteiger partial charge in [-0.05, 0) is 44.0 Å². The fraction of sp³-hybridized carbons (Fsp3) is 0.455. The molecule has 0 saturated carbocycles. The third-order valence-corrected chi connectivity index (χ3v) is 3.34. The largest absolute Gasteiger partial charge is 0.416 e. The van der Waals surface area contributed by atoms with Gasteiger partial charge in [-0.3, -0.25) is 0 Å². The third kappa shape index (κ3) is 4.47. The molecular formula is C11H15F3N2S. The molecule has 0 aliphatic rings. The van der Waals surface area contributed by atoms with Crippen molar-refractivity contribution in [2.45, 2.75) is 17.5 Å². The van der Waals surface area contributed by atoms with Gasteiger partial charge in [0.05, 0.1) is 5.56 Å². The van der Waals surface area contributed by atoms with Gasteiger partial charge in [-0.1, -0.05) is 0 Å². The summed E-state index contributed by atoms with van der Waals surface area (Å²) in [5.41, 5.74) is 5.09. The van der Waals surface area contributed by atoms with Crippen molar-refractivity contribution in [2.24, 2.45) is 0 Å². The van der Waals surface area contributed by atoms with E-state index in [9.17, 15) is 13.2 Å². The summed E-state index contributed by atoms with van der Waals surface area (Å²) in [5, 5.41) is 3.00. The molecule has 0 aliphatic heterocycles. The van der Waals surface area contributed by atoms with Crippen molar-refractivity contribution >= 4 is 17.4 Å². The molecule has 6 heteroatoms. The van der Waals surface area contributed by atoms with Crippen molar-refractivity contribution in [3.8, 4) is 0 Å². The first kappa shape index (κ1) is 14.2. The normalized spacial score (nSPS) is 11.8. The molecule has 2 nitrogen and oxygen atoms in total. The van der Waals surface area contributed by atoms with E-state index in [1.807, 2.05) is 7.05 Å². The molecule has 3 N–H and O–H groups in total. The van der Waals surface area contributed by atoms with Crippen molar-refractivity contribution in [2.75, 3.05) is 25.1 Å². The van der Waals surface area contributed by atoms with Crippen LogP contribution in [0.2, 0.25) is 0 Å². The van der Waals surface area contributed by atoms with E-state index < -0.39 is 11.7 Å². The van der Waals surface area contributed by atoms with Crippen LogP contribution in [0.5, 0.6) is 0 Å². The number of rotatable bonds is 5. The van der Waals surface area contributed by atoms with Crippen LogP contribution in [0, 0.1) is 0 Å². The average molecular weight is 264 g/mol. The monoisotopic (exact) mass is 264 g/mol. The molecule has 1 aromatic rings. The summed E-state index contributed by atoms with van der Waals surface area (Å²) >= 11 is 1.47. The highest BCUT2D eigenvalue weighted by atomic mass is 32.2. The van der Waals surface area contributed by atoms with Crippen LogP contribution in [-0.2, 0) is 6.18 Å². The lowest BCUT2D eigenvalue weighted by Gasteiger charge is -2.10. The molecule has 0 atom stereocenters. The number of nitrogen functional groups attached to an aromatic ring is 1. The van der Waals surface area contributed by atoms with Crippen LogP contribution < -0.4 is 11.1 Å². The molecule has 1 rings (SSSR count). The Hall–Kier alpha value is -0.880. The molecule has 1 aromatic carbocycles. The first-order valence-corrected chi connectivity index (χ1v) is 6.18. The highest BCUT2D eigenvalue weighted by molar-refractivity contribution is 7.99. The molecule has 17 heavy (non-hydrogen) atoms. The molecule has 0 amide bonds. The zero-order chi connectivity index (χ0) is 12.9. The first-order chi connectivity index (χ1) is 7.95. The Labute approximate surface area is 103 Å². The predicted octanol–water partition coefficient (Wildman–Crippen LogP) is 2.99. The molecule has 0 fully saturated rings. The van der Waals surface area contributed by atoms with Gasteiger partial charge in [0.25, 0.3) is 0 Å². The van der Waals surface area contributed by atoms with Gasteiger partial charge >= 0.3 is 6.18 Å². The van der Waals surface area contributed by atoms with Crippen LogP contribution in [0.4, 0.5) is 18.9 Å². The molecule has 0 bridgehead atoms. The Balaban J connectivity index is 2.64. The van der Waals surface area contributed by atoms with E-state index in [0.717, 1.165) is 30.9 Å². The van der Waals surface area contributed by atoms with Crippen LogP contribution in [0.1, 0.15) is 12.0 Å². The van der Waals surface area contributed by atoms with E-state index in [1.54, 1.807) is 0 Å². The molecule has 0 aromatic heterocycles. The van der Waals surface area contributed by atoms with Gasteiger partial charge in [-0.15, -0.1) is 11.8 Å². The molecule has 96 valence electrons. The molecule has 0 radical (unpaired) electrons. The summed E-state index contributed by atoms with van der Waals surface area (Å²) in [5.74, 6) is 0.830. The lowest BCUT2D eigenvalue weighted by Crippen LogP contribution is -2.08. The first-order valence-electron chi connectivity index (χ1n) is 5.19. The van der Waals surface area contributed by atoms with E-state index in [4.69, 9.17) is 5.73 Å². The minimum absolute atomic E-state index is 0.189. The maximum absolute atomic E-state index is 12.4. The van der Waals surface area contributed by atoms with Crippen LogP contribution in [0.3, 0.4) is 0 Å². The van der Waals surface area contributed by atoms with Crippen molar-refractivity contribution in [1.29, 1.82) is 0 Å². The number of benzene rings is 1. The second kappa shape index (κ2) is 6.16. The number of nitrogens with one attached hydrogen (secondary N) is 1. The number of alkyl halides is 3. The summed E-state index contributed by atoms with van der Waals surface area (Å²) in [6, 6.07) is 3.49. The minimum atomic E-state index is -4.33. The van der Waals surface area contributed by atoms with E-state index >= 15 is 0 Å². The lowest BCUT2D eigenvalue weighted by molar-refractivity contribution is -0.137. The van der Waals surface area contributed by atoms with Crippen molar-refractivity contribution in [3.63, 3.8) is 0 Å². The highest BCUT2D eigenvalue weighted by Crippen LogP contribution is 2.34. The zero-order valence-corrected chi connectivity index (χ0v) is 10.3. The van der Waals surface area contributed by atoms with Gasteiger partial charge in [0, 0.05) is 10.6 Å². The Morgan fingerprint density at radius 3 is 2.59 bits per heavy atom. The van der Waals surface area contributed by atoms with E-state index in [1.165, 1.54) is 17.8 Å². The minimum Gasteiger partial charge on any atom is -0.398 e. The zero-order valence-electron chi connectivity index (χ0n) is 9.47. The Bertz CT molecular complexity index is 366. The topological polar surface area (TPSA) is 38.0 Å². The Kier molecular flexibility index (Phi) is 5.14. The van der Waals surface area contributed by atoms with Crippen molar-refractivity contribution < 1.29 is 13.2 Å². The number of hydrogen-bond donors (Lipinski definition) is 2. The summed E-state index contributed by atoms with van der Waals surface area (Å²) in [7, 11) is 1.86. The molecule has 0 unspecified atom stereocenters. The number of halogens is 3. The molecule has 0 aliphatic carbocycles. The van der Waals surface area contributed by atoms with Crippen molar-refractivity contribution in [3.05, 3.63) is 23.8 Å². The third-order valence-electron chi connectivity index (χ3n) is 2.17. The maximum atomic E-state index is 12.4. The number of nitrogens with two attached hydrogens (primary N) is 1. The standard InChI is InChI=1S/C11H15F3N2S/c1-16-5-2-6-17-10-4-3-8(7-9(10)15)11(12,13)14/h3-4,7,16H,2,5-6,15H2,1H3. The van der Waals surface area contributed by atoms with Crippen LogP contribution in [-0.4, -0.2) is 19.3 Å². The number of thioether (sulfide) groups is 1. The van der Waals surface area contributed by atoms with Crippen LogP contribution in [0.25, 0.3) is 0 Å².